The number of aliphatic hydroxyl groups is 4. The van der Waals surface area contributed by atoms with Crippen LogP contribution in [0.15, 0.2) is 120 Å². The van der Waals surface area contributed by atoms with E-state index in [0.29, 0.717) is 36.7 Å². The molecule has 2 fully saturated rings. The number of hydrogen-bond acceptors (Lipinski definition) is 28. The molecule has 37 heteroatoms. The van der Waals surface area contributed by atoms with Crippen molar-refractivity contribution in [3.05, 3.63) is 143 Å². The number of phenols is 2. The average Bonchev–Trinajstić information content (AvgIpc) is 0.821. The highest BCUT2D eigenvalue weighted by Crippen LogP contribution is 2.48. The van der Waals surface area contributed by atoms with Crippen LogP contribution in [0.4, 0.5) is 8.78 Å². The number of phenolic OH excluding ortho intramolecular Hbond substituents is 2. The monoisotopic (exact) mass is 1860 g/mol. The van der Waals surface area contributed by atoms with Gasteiger partial charge in [0.2, 0.25) is 23.6 Å². The van der Waals surface area contributed by atoms with Gasteiger partial charge in [0.25, 0.3) is 11.8 Å². The van der Waals surface area contributed by atoms with Crippen molar-refractivity contribution in [3.8, 4) is 11.5 Å². The molecule has 2 aromatic rings. The first kappa shape index (κ1) is 113. The molecular formula is C94H137F2N8O26P. The third-order valence-electron chi connectivity index (χ3n) is 21.3. The zero-order chi connectivity index (χ0) is 98.5. The number of ether oxygens (including phenoxy) is 4. The first-order valence-corrected chi connectivity index (χ1v) is 45.9. The van der Waals surface area contributed by atoms with Gasteiger partial charge in [-0.25, -0.2) is 24.4 Å². The van der Waals surface area contributed by atoms with Gasteiger partial charge in [0.05, 0.1) is 49.5 Å². The van der Waals surface area contributed by atoms with Gasteiger partial charge in [-0.05, 0) is 186 Å². The molecule has 131 heavy (non-hydrogen) atoms. The predicted octanol–water partition coefficient (Wildman–Crippen LogP) is 8.52. The molecule has 728 valence electrons. The lowest BCUT2D eigenvalue weighted by Gasteiger charge is -2.36. The lowest BCUT2D eigenvalue weighted by atomic mass is 9.84. The number of carbonyl (C=O) groups is 13. The van der Waals surface area contributed by atoms with E-state index in [4.69, 9.17) is 28.0 Å². The number of nitrogens with zero attached hydrogens (tertiary/aromatic N) is 2. The lowest BCUT2D eigenvalue weighted by molar-refractivity contribution is -0.157. The van der Waals surface area contributed by atoms with E-state index >= 15 is 0 Å². The van der Waals surface area contributed by atoms with Gasteiger partial charge in [-0.1, -0.05) is 102 Å². The van der Waals surface area contributed by atoms with Crippen molar-refractivity contribution in [2.24, 2.45) is 35.5 Å². The largest absolute Gasteiger partial charge is 0.508 e. The summed E-state index contributed by atoms with van der Waals surface area (Å²) < 4.78 is 72.8. The summed E-state index contributed by atoms with van der Waals surface area (Å²) in [6, 6.07) is -0.809. The minimum Gasteiger partial charge on any atom is -0.508 e. The van der Waals surface area contributed by atoms with E-state index in [9.17, 15) is 106 Å². The topological polar surface area (TPSA) is 494 Å². The van der Waals surface area contributed by atoms with E-state index in [-0.39, 0.29) is 113 Å². The number of nitrogens with one attached hydrogen (secondary N) is 6. The number of Topliss-reactive ketones (excluding diaryl/α,β-unsaturated/α-hetero) is 2. The molecule has 4 aliphatic rings. The molecule has 0 spiro atoms. The van der Waals surface area contributed by atoms with Gasteiger partial charge in [-0.15, -0.1) is 0 Å². The normalized spacial score (nSPS) is 26.7. The Labute approximate surface area is 766 Å². The zero-order valence-corrected chi connectivity index (χ0v) is 79.2. The smallest absolute Gasteiger partial charge is 0.341 e. The van der Waals surface area contributed by atoms with E-state index in [1.54, 1.807) is 127 Å². The summed E-state index contributed by atoms with van der Waals surface area (Å²) in [5, 5.41) is 78.1. The molecule has 2 aromatic carbocycles. The number of esters is 4. The molecule has 4 aliphatic heterocycles. The molecule has 0 aliphatic carbocycles. The fourth-order valence-electron chi connectivity index (χ4n) is 14.2. The van der Waals surface area contributed by atoms with E-state index < -0.39 is 210 Å². The fourth-order valence-corrected chi connectivity index (χ4v) is 15.6. The summed E-state index contributed by atoms with van der Waals surface area (Å²) in [7, 11) is -3.34. The molecule has 0 saturated carbocycles. The molecule has 6 rings (SSSR count). The van der Waals surface area contributed by atoms with Crippen LogP contribution >= 0.6 is 7.60 Å². The number of aliphatic hydroxyl groups excluding tert-OH is 4. The number of aromatic hydroxyl groups is 2. The van der Waals surface area contributed by atoms with Gasteiger partial charge in [0.15, 0.2) is 0 Å². The second-order valence-corrected chi connectivity index (χ2v) is 37.7. The number of aldehydes is 1. The van der Waals surface area contributed by atoms with Crippen LogP contribution in [0.25, 0.3) is 0 Å². The van der Waals surface area contributed by atoms with Crippen molar-refractivity contribution >= 4 is 84.8 Å². The van der Waals surface area contributed by atoms with Gasteiger partial charge < -0.3 is 89.5 Å². The number of allylic oxidation sites excluding steroid dienone is 7. The Kier molecular flexibility index (Phi) is 47.1. The van der Waals surface area contributed by atoms with Gasteiger partial charge in [0.1, 0.15) is 107 Å². The lowest BCUT2D eigenvalue weighted by Crippen LogP contribution is -2.62. The maximum absolute atomic E-state index is 14.4. The molecule has 4 bridgehead atoms. The van der Waals surface area contributed by atoms with Gasteiger partial charge >= 0.3 is 31.5 Å². The second-order valence-electron chi connectivity index (χ2n) is 35.6. The molecule has 34 nitrogen and oxygen atoms in total. The number of ketones is 2. The van der Waals surface area contributed by atoms with E-state index in [1.807, 2.05) is 0 Å². The number of benzene rings is 2. The van der Waals surface area contributed by atoms with E-state index in [2.05, 4.69) is 32.1 Å². The third kappa shape index (κ3) is 40.0. The number of cyclic esters (lactones) is 2. The number of halogens is 2. The highest BCUT2D eigenvalue weighted by molar-refractivity contribution is 7.54. The first-order valence-electron chi connectivity index (χ1n) is 44.2. The van der Waals surface area contributed by atoms with E-state index in [0.717, 1.165) is 24.3 Å². The van der Waals surface area contributed by atoms with Gasteiger partial charge in [-0.3, -0.25) is 62.5 Å². The number of hydrogen-bond donors (Lipinski definition) is 12. The molecular weight excluding hydrogens is 1730 g/mol. The molecule has 12 N–H and O–H groups in total. The Morgan fingerprint density at radius 2 is 0.954 bits per heavy atom. The Bertz CT molecular complexity index is 4450. The average molecular weight is 1860 g/mol. The highest BCUT2D eigenvalue weighted by Gasteiger charge is 2.43. The maximum Gasteiger partial charge on any atom is 0.341 e. The number of hydrazine groups is 2. The summed E-state index contributed by atoms with van der Waals surface area (Å²) in [4.78, 5) is 170. The highest BCUT2D eigenvalue weighted by atomic mass is 31.2. The van der Waals surface area contributed by atoms with Crippen LogP contribution in [-0.2, 0) is 108 Å². The van der Waals surface area contributed by atoms with Crippen LogP contribution in [0.5, 0.6) is 11.5 Å². The molecule has 16 atom stereocenters. The third-order valence-corrected chi connectivity index (χ3v) is 23.2. The van der Waals surface area contributed by atoms with Crippen LogP contribution in [0.1, 0.15) is 200 Å². The zero-order valence-electron chi connectivity index (χ0n) is 78.3. The molecule has 4 heterocycles. The van der Waals surface area contributed by atoms with Crippen LogP contribution in [0.3, 0.4) is 0 Å². The van der Waals surface area contributed by atoms with E-state index in [1.165, 1.54) is 92.4 Å². The van der Waals surface area contributed by atoms with Crippen LogP contribution in [-0.4, -0.2) is 234 Å². The Hall–Kier alpha value is -10.3. The standard InChI is InChI=1S/C45H63FN4O11.C39H53FN4O10.C10H21O5P/c1-26(2)39-42(57)47-35(24-30-22-31(46)25-32(52)23-30)43(58)50-21-13-15-34(49-50)44(59)60-37(27(3)14-12-18-38(54)61-45(6,7)8)17-11-9-10-16-36(53)29(5)40(55)33(41(56)48-39)20-19-28(4)51;1-22(2)34-37(51)41-31(20-26-18-27(40)21-28(47)19-26)38(52)44-16-9-10-30(43-44)39(53)54-33(23(3)15-17-45)12-8-6-7-11-32(48)25(5)35(49)29(36(50)42-34)14-13-24(4)46;1-6-13-16(12,14-7-2)8-9(11)15-10(3,4)5/h9-12,14,16,18,22-23,25-26,29,33-37,39-40,49,52-53,55H,13,15,17,19-21,24H2,1-8H3,(H,47,57)(H,48,56);6-8,11,15,17-19,21-22,25,29-35,43,47-49H,9-10,12-14,16,20H2,1-5H3,(H,41,51)(H,42,50);6-8H2,1-5H3/b11-9+,16-10+,18-12+,27-14+;8-6+,11-7+,23-15+;/t29-,33+,34?,35-,36-,37-,39-,40+;25-,29+,30?,31-,32-,33-,34-,35+;/m00./s1. The molecule has 0 radical (unpaired) electrons. The maximum atomic E-state index is 14.4. The van der Waals surface area contributed by atoms with Crippen molar-refractivity contribution in [2.75, 3.05) is 32.5 Å². The second kappa shape index (κ2) is 54.6. The van der Waals surface area contributed by atoms with Crippen molar-refractivity contribution < 1.29 is 134 Å². The molecule has 0 aromatic heterocycles. The number of carbonyl (C=O) groups excluding carboxylic acids is 13. The van der Waals surface area contributed by atoms with Gasteiger partial charge in [-0.2, -0.15) is 0 Å². The Morgan fingerprint density at radius 3 is 1.31 bits per heavy atom. The van der Waals surface area contributed by atoms with Crippen molar-refractivity contribution in [3.63, 3.8) is 0 Å². The summed E-state index contributed by atoms with van der Waals surface area (Å²) in [5.41, 5.74) is 5.87. The van der Waals surface area contributed by atoms with Crippen molar-refractivity contribution in [1.29, 1.82) is 0 Å². The number of amides is 6. The minimum absolute atomic E-state index is 0.0559. The Morgan fingerprint density at radius 1 is 0.565 bits per heavy atom. The van der Waals surface area contributed by atoms with Crippen molar-refractivity contribution in [1.82, 2.24) is 42.1 Å². The van der Waals surface area contributed by atoms with Crippen LogP contribution < -0.4 is 32.1 Å². The van der Waals surface area contributed by atoms with Crippen LogP contribution in [0, 0.1) is 47.1 Å². The summed E-state index contributed by atoms with van der Waals surface area (Å²) in [5.74, 6) is -15.2. The predicted molar refractivity (Wildman–Crippen MR) is 482 cm³/mol. The summed E-state index contributed by atoms with van der Waals surface area (Å²) in [6.07, 6.45) is 11.9. The Balaban J connectivity index is 0.000000471. The number of fused-ring (bicyclic) bond motifs is 4. The first-order chi connectivity index (χ1) is 61.3. The SMILES string of the molecule is CC(=O)CC[C@H]1C(=O)N[C@@H](C(C)C)C(=O)N[C@@H](Cc2cc(O)cc(F)c2)C(=O)N2CCCC(N2)C(=O)O[C@H](/C(C)=C/C=C/C(=O)OC(C)(C)C)C/C=C/C=C/[C@H](O)[C@H](C)[C@H]1O.CC(=O)CC[C@H]1C(=O)N[C@@H](C(C)C)C(=O)N[C@@H](Cc2cc(O)cc(F)c2)C(=O)N2CCCC(N2)C(=O)O[C@H](/C(C)=C/C=O)C/C=C/C=C/[C@H](O)[C@H](C)[C@H]1O.CCOP(=O)(CC(=O)OC(C)(C)C)OCC. The summed E-state index contributed by atoms with van der Waals surface area (Å²) in [6.45, 7) is 30.3. The molecule has 2 unspecified atom stereocenters. The van der Waals surface area contributed by atoms with Gasteiger partial charge in [0, 0.05) is 81.7 Å². The number of rotatable bonds is 23. The van der Waals surface area contributed by atoms with Crippen LogP contribution in [0.2, 0.25) is 0 Å². The molecule has 2 saturated heterocycles. The van der Waals surface area contributed by atoms with Crippen molar-refractivity contribution in [2.45, 2.75) is 286 Å². The molecule has 6 amide bonds. The fraction of sp³-hybridized carbons (Fsp3) is 0.585. The quantitative estimate of drug-likeness (QED) is 0.0124. The minimum atomic E-state index is -3.34. The summed E-state index contributed by atoms with van der Waals surface area (Å²) >= 11 is 0.